The Morgan fingerprint density at radius 3 is 2.95 bits per heavy atom. The van der Waals surface area contributed by atoms with E-state index < -0.39 is 0 Å². The number of ether oxygens (including phenoxy) is 2. The van der Waals surface area contributed by atoms with Crippen molar-refractivity contribution in [1.29, 1.82) is 0 Å². The summed E-state index contributed by atoms with van der Waals surface area (Å²) in [6.45, 7) is 3.00. The predicted octanol–water partition coefficient (Wildman–Crippen LogP) is 1.73. The predicted molar refractivity (Wildman–Crippen MR) is 74.8 cm³/mol. The topological polar surface area (TPSA) is 59.6 Å². The number of carbonyl (C=O) groups excluding carboxylic acids is 1. The zero-order valence-corrected chi connectivity index (χ0v) is 11.6. The van der Waals surface area contributed by atoms with Crippen LogP contribution in [0.25, 0.3) is 0 Å². The van der Waals surface area contributed by atoms with Gasteiger partial charge in [0.15, 0.2) is 11.5 Å². The van der Waals surface area contributed by atoms with Crippen LogP contribution < -0.4 is 20.1 Å². The van der Waals surface area contributed by atoms with Gasteiger partial charge in [-0.15, -0.1) is 0 Å². The second-order valence-corrected chi connectivity index (χ2v) is 5.38. The molecule has 0 saturated heterocycles. The Morgan fingerprint density at radius 1 is 1.35 bits per heavy atom. The molecule has 108 valence electrons. The lowest BCUT2D eigenvalue weighted by Crippen LogP contribution is -2.30. The van der Waals surface area contributed by atoms with Crippen LogP contribution in [-0.2, 0) is 4.79 Å². The van der Waals surface area contributed by atoms with Crippen LogP contribution >= 0.6 is 0 Å². The first-order valence-corrected chi connectivity index (χ1v) is 7.14. The molecule has 0 spiro atoms. The van der Waals surface area contributed by atoms with E-state index in [1.807, 2.05) is 25.1 Å². The standard InChI is InChI=1S/C15H20N2O3/c1-10(17-15(18)6-7-16-12-3-4-12)11-2-5-13-14(8-11)20-9-19-13/h2,5,8,10,12,16H,3-4,6-7,9H2,1H3,(H,17,18). The fourth-order valence-electron chi connectivity index (χ4n) is 2.26. The summed E-state index contributed by atoms with van der Waals surface area (Å²) in [5, 5.41) is 6.34. The van der Waals surface area contributed by atoms with Gasteiger partial charge in [-0.05, 0) is 37.5 Å². The van der Waals surface area contributed by atoms with Gasteiger partial charge in [-0.25, -0.2) is 0 Å². The van der Waals surface area contributed by atoms with E-state index in [0.29, 0.717) is 12.5 Å². The average molecular weight is 276 g/mol. The lowest BCUT2D eigenvalue weighted by atomic mass is 10.1. The highest BCUT2D eigenvalue weighted by atomic mass is 16.7. The molecule has 2 N–H and O–H groups in total. The summed E-state index contributed by atoms with van der Waals surface area (Å²) in [6.07, 6.45) is 3.01. The number of carbonyl (C=O) groups is 1. The first-order valence-electron chi connectivity index (χ1n) is 7.14. The van der Waals surface area contributed by atoms with Crippen LogP contribution in [0, 0.1) is 0 Å². The first kappa shape index (κ1) is 13.2. The Labute approximate surface area is 118 Å². The van der Waals surface area contributed by atoms with Gasteiger partial charge in [0.05, 0.1) is 6.04 Å². The van der Waals surface area contributed by atoms with Gasteiger partial charge < -0.3 is 20.1 Å². The normalized spacial score (nSPS) is 17.9. The van der Waals surface area contributed by atoms with Crippen molar-refractivity contribution in [3.05, 3.63) is 23.8 Å². The SMILES string of the molecule is CC(NC(=O)CCNC1CC1)c1ccc2c(c1)OCO2. The van der Waals surface area contributed by atoms with Crippen LogP contribution in [0.1, 0.15) is 37.8 Å². The Hall–Kier alpha value is -1.75. The Balaban J connectivity index is 1.49. The van der Waals surface area contributed by atoms with Gasteiger partial charge in [0.1, 0.15) is 0 Å². The van der Waals surface area contributed by atoms with E-state index in [4.69, 9.17) is 9.47 Å². The summed E-state index contributed by atoms with van der Waals surface area (Å²) < 4.78 is 10.6. The largest absolute Gasteiger partial charge is 0.454 e. The van der Waals surface area contributed by atoms with Gasteiger partial charge in [-0.1, -0.05) is 6.07 Å². The van der Waals surface area contributed by atoms with E-state index >= 15 is 0 Å². The molecular formula is C15H20N2O3. The highest BCUT2D eigenvalue weighted by Gasteiger charge is 2.20. The fourth-order valence-corrected chi connectivity index (χ4v) is 2.26. The monoisotopic (exact) mass is 276 g/mol. The lowest BCUT2D eigenvalue weighted by Gasteiger charge is -2.15. The lowest BCUT2D eigenvalue weighted by molar-refractivity contribution is -0.121. The van der Waals surface area contributed by atoms with Gasteiger partial charge in [-0.2, -0.15) is 0 Å². The number of nitrogens with one attached hydrogen (secondary N) is 2. The highest BCUT2D eigenvalue weighted by molar-refractivity contribution is 5.76. The molecule has 0 bridgehead atoms. The molecule has 1 heterocycles. The fraction of sp³-hybridized carbons (Fsp3) is 0.533. The third-order valence-electron chi connectivity index (χ3n) is 3.64. The third kappa shape index (κ3) is 3.22. The number of fused-ring (bicyclic) bond motifs is 1. The van der Waals surface area contributed by atoms with Crippen molar-refractivity contribution < 1.29 is 14.3 Å². The van der Waals surface area contributed by atoms with Crippen LogP contribution in [0.2, 0.25) is 0 Å². The summed E-state index contributed by atoms with van der Waals surface area (Å²) in [5.74, 6) is 1.59. The van der Waals surface area contributed by atoms with Crippen LogP contribution in [-0.4, -0.2) is 25.3 Å². The molecule has 0 aromatic heterocycles. The van der Waals surface area contributed by atoms with Crippen molar-refractivity contribution in [1.82, 2.24) is 10.6 Å². The van der Waals surface area contributed by atoms with E-state index in [2.05, 4.69) is 10.6 Å². The summed E-state index contributed by atoms with van der Waals surface area (Å²) in [7, 11) is 0. The van der Waals surface area contributed by atoms with Crippen LogP contribution in [0.3, 0.4) is 0 Å². The van der Waals surface area contributed by atoms with Crippen LogP contribution in [0.5, 0.6) is 11.5 Å². The minimum Gasteiger partial charge on any atom is -0.454 e. The molecule has 1 atom stereocenters. The van der Waals surface area contributed by atoms with E-state index in [1.165, 1.54) is 12.8 Å². The summed E-state index contributed by atoms with van der Waals surface area (Å²) in [5.41, 5.74) is 1.03. The maximum absolute atomic E-state index is 11.9. The van der Waals surface area contributed by atoms with Crippen LogP contribution in [0.4, 0.5) is 0 Å². The van der Waals surface area contributed by atoms with Crippen molar-refractivity contribution in [3.8, 4) is 11.5 Å². The maximum Gasteiger partial charge on any atom is 0.231 e. The summed E-state index contributed by atoms with van der Waals surface area (Å²) in [6, 6.07) is 6.39. The van der Waals surface area contributed by atoms with Gasteiger partial charge in [-0.3, -0.25) is 4.79 Å². The molecular weight excluding hydrogens is 256 g/mol. The van der Waals surface area contributed by atoms with E-state index in [0.717, 1.165) is 23.6 Å². The number of hydrogen-bond acceptors (Lipinski definition) is 4. The second kappa shape index (κ2) is 5.71. The van der Waals surface area contributed by atoms with Crippen LogP contribution in [0.15, 0.2) is 18.2 Å². The molecule has 1 fully saturated rings. The minimum absolute atomic E-state index is 0.0297. The third-order valence-corrected chi connectivity index (χ3v) is 3.64. The van der Waals surface area contributed by atoms with E-state index in [1.54, 1.807) is 0 Å². The molecule has 1 unspecified atom stereocenters. The highest BCUT2D eigenvalue weighted by Crippen LogP contribution is 2.34. The van der Waals surface area contributed by atoms with Crippen molar-refractivity contribution in [3.63, 3.8) is 0 Å². The molecule has 1 aromatic carbocycles. The Morgan fingerprint density at radius 2 is 2.15 bits per heavy atom. The summed E-state index contributed by atoms with van der Waals surface area (Å²) >= 11 is 0. The Bertz CT molecular complexity index is 500. The first-order chi connectivity index (χ1) is 9.72. The van der Waals surface area contributed by atoms with Crippen molar-refractivity contribution in [2.45, 2.75) is 38.3 Å². The molecule has 20 heavy (non-hydrogen) atoms. The molecule has 1 saturated carbocycles. The summed E-state index contributed by atoms with van der Waals surface area (Å²) in [4.78, 5) is 11.9. The molecule has 1 aromatic rings. The second-order valence-electron chi connectivity index (χ2n) is 5.38. The molecule has 1 aliphatic heterocycles. The zero-order valence-electron chi connectivity index (χ0n) is 11.6. The van der Waals surface area contributed by atoms with Crippen molar-refractivity contribution in [2.24, 2.45) is 0 Å². The van der Waals surface area contributed by atoms with Gasteiger partial charge in [0.25, 0.3) is 0 Å². The Kier molecular flexibility index (Phi) is 3.78. The number of benzene rings is 1. The van der Waals surface area contributed by atoms with Gasteiger partial charge >= 0.3 is 0 Å². The van der Waals surface area contributed by atoms with Gasteiger partial charge in [0.2, 0.25) is 12.7 Å². The maximum atomic E-state index is 11.9. The molecule has 5 heteroatoms. The quantitative estimate of drug-likeness (QED) is 0.831. The number of hydrogen-bond donors (Lipinski definition) is 2. The molecule has 2 aliphatic rings. The van der Waals surface area contributed by atoms with Crippen molar-refractivity contribution >= 4 is 5.91 Å². The van der Waals surface area contributed by atoms with E-state index in [9.17, 15) is 4.79 Å². The van der Waals surface area contributed by atoms with Crippen molar-refractivity contribution in [2.75, 3.05) is 13.3 Å². The molecule has 1 amide bonds. The molecule has 1 aliphatic carbocycles. The molecule has 3 rings (SSSR count). The average Bonchev–Trinajstić information content (AvgIpc) is 3.13. The number of amides is 1. The minimum atomic E-state index is -0.0297. The molecule has 5 nitrogen and oxygen atoms in total. The number of rotatable bonds is 6. The smallest absolute Gasteiger partial charge is 0.231 e. The zero-order chi connectivity index (χ0) is 13.9. The van der Waals surface area contributed by atoms with Gasteiger partial charge in [0, 0.05) is 19.0 Å². The molecule has 0 radical (unpaired) electrons. The van der Waals surface area contributed by atoms with E-state index in [-0.39, 0.29) is 18.7 Å².